The van der Waals surface area contributed by atoms with E-state index in [1.807, 2.05) is 6.07 Å². The quantitative estimate of drug-likeness (QED) is 0.776. The first-order valence-corrected chi connectivity index (χ1v) is 7.63. The van der Waals surface area contributed by atoms with E-state index in [-0.39, 0.29) is 11.7 Å². The van der Waals surface area contributed by atoms with Gasteiger partial charge in [-0.25, -0.2) is 4.39 Å². The molecule has 2 heterocycles. The lowest BCUT2D eigenvalue weighted by molar-refractivity contribution is 0.0950. The summed E-state index contributed by atoms with van der Waals surface area (Å²) in [5.41, 5.74) is 2.42. The first kappa shape index (κ1) is 16.6. The topological polar surface area (TPSA) is 64.1 Å². The van der Waals surface area contributed by atoms with Crippen LogP contribution in [0.4, 0.5) is 4.39 Å². The molecule has 0 radical (unpaired) electrons. The molecule has 2 aromatic heterocycles. The Hall–Kier alpha value is -3.28. The molecule has 0 spiro atoms. The first-order valence-electron chi connectivity index (χ1n) is 7.63. The predicted octanol–water partition coefficient (Wildman–Crippen LogP) is 3.22. The van der Waals surface area contributed by atoms with E-state index in [0.29, 0.717) is 29.0 Å². The lowest BCUT2D eigenvalue weighted by Gasteiger charge is -2.10. The zero-order valence-electron chi connectivity index (χ0n) is 13.6. The van der Waals surface area contributed by atoms with Crippen molar-refractivity contribution >= 4 is 5.91 Å². The van der Waals surface area contributed by atoms with Crippen molar-refractivity contribution in [1.29, 1.82) is 0 Å². The number of aromatic nitrogens is 2. The van der Waals surface area contributed by atoms with Gasteiger partial charge in [0, 0.05) is 42.5 Å². The molecule has 0 saturated carbocycles. The number of benzene rings is 1. The third-order valence-corrected chi connectivity index (χ3v) is 3.65. The molecule has 0 unspecified atom stereocenters. The Morgan fingerprint density at radius 1 is 1.16 bits per heavy atom. The van der Waals surface area contributed by atoms with Gasteiger partial charge in [0.2, 0.25) is 0 Å². The number of halogens is 1. The van der Waals surface area contributed by atoms with Crippen LogP contribution in [0, 0.1) is 5.82 Å². The molecule has 0 bridgehead atoms. The number of nitrogens with one attached hydrogen (secondary N) is 1. The summed E-state index contributed by atoms with van der Waals surface area (Å²) >= 11 is 0. The standard InChI is InChI=1S/C19H16FN3O2/c1-25-18-5-4-16(20)8-17(18)14-7-15(12-22-11-14)19(24)23-10-13-3-2-6-21-9-13/h2-9,11-12H,10H2,1H3,(H,23,24). The third kappa shape index (κ3) is 3.98. The molecule has 0 saturated heterocycles. The molecule has 5 nitrogen and oxygen atoms in total. The van der Waals surface area contributed by atoms with Crippen LogP contribution in [0.25, 0.3) is 11.1 Å². The lowest BCUT2D eigenvalue weighted by Crippen LogP contribution is -2.23. The summed E-state index contributed by atoms with van der Waals surface area (Å²) in [6.45, 7) is 0.361. The van der Waals surface area contributed by atoms with Crippen LogP contribution in [0.2, 0.25) is 0 Å². The Balaban J connectivity index is 1.82. The highest BCUT2D eigenvalue weighted by atomic mass is 19.1. The Morgan fingerprint density at radius 3 is 2.80 bits per heavy atom. The van der Waals surface area contributed by atoms with E-state index < -0.39 is 0 Å². The monoisotopic (exact) mass is 337 g/mol. The van der Waals surface area contributed by atoms with Crippen molar-refractivity contribution in [3.05, 3.63) is 78.1 Å². The average Bonchev–Trinajstić information content (AvgIpc) is 2.67. The number of pyridine rings is 2. The minimum Gasteiger partial charge on any atom is -0.496 e. The van der Waals surface area contributed by atoms with Crippen molar-refractivity contribution < 1.29 is 13.9 Å². The number of methoxy groups -OCH3 is 1. The zero-order chi connectivity index (χ0) is 17.6. The molecular weight excluding hydrogens is 321 g/mol. The van der Waals surface area contributed by atoms with Crippen LogP contribution in [-0.4, -0.2) is 23.0 Å². The van der Waals surface area contributed by atoms with Crippen molar-refractivity contribution in [3.63, 3.8) is 0 Å². The Morgan fingerprint density at radius 2 is 2.04 bits per heavy atom. The third-order valence-electron chi connectivity index (χ3n) is 3.65. The van der Waals surface area contributed by atoms with Crippen LogP contribution in [0.1, 0.15) is 15.9 Å². The number of amides is 1. The minimum atomic E-state index is -0.387. The number of hydrogen-bond donors (Lipinski definition) is 1. The molecule has 0 atom stereocenters. The maximum atomic E-state index is 13.6. The number of carbonyl (C=O) groups is 1. The van der Waals surface area contributed by atoms with E-state index in [9.17, 15) is 9.18 Å². The van der Waals surface area contributed by atoms with Gasteiger partial charge in [0.05, 0.1) is 12.7 Å². The summed E-state index contributed by atoms with van der Waals surface area (Å²) in [6.07, 6.45) is 6.39. The van der Waals surface area contributed by atoms with Crippen molar-refractivity contribution in [2.45, 2.75) is 6.54 Å². The first-order chi connectivity index (χ1) is 12.2. The molecule has 0 fully saturated rings. The predicted molar refractivity (Wildman–Crippen MR) is 91.6 cm³/mol. The van der Waals surface area contributed by atoms with E-state index in [0.717, 1.165) is 5.56 Å². The van der Waals surface area contributed by atoms with Crippen molar-refractivity contribution in [2.24, 2.45) is 0 Å². The lowest BCUT2D eigenvalue weighted by atomic mass is 10.0. The van der Waals surface area contributed by atoms with Gasteiger partial charge in [-0.2, -0.15) is 0 Å². The highest BCUT2D eigenvalue weighted by Crippen LogP contribution is 2.30. The second-order valence-corrected chi connectivity index (χ2v) is 5.35. The van der Waals surface area contributed by atoms with Crippen molar-refractivity contribution in [3.8, 4) is 16.9 Å². The second kappa shape index (κ2) is 7.53. The Bertz CT molecular complexity index is 885. The normalized spacial score (nSPS) is 10.3. The number of nitrogens with zero attached hydrogens (tertiary/aromatic N) is 2. The molecular formula is C19H16FN3O2. The summed E-state index contributed by atoms with van der Waals surface area (Å²) in [4.78, 5) is 20.4. The van der Waals surface area contributed by atoms with Crippen LogP contribution in [-0.2, 0) is 6.54 Å². The van der Waals surface area contributed by atoms with Crippen molar-refractivity contribution in [1.82, 2.24) is 15.3 Å². The molecule has 3 aromatic rings. The summed E-state index contributed by atoms with van der Waals surface area (Å²) in [5, 5.41) is 2.81. The van der Waals surface area contributed by atoms with E-state index in [1.165, 1.54) is 25.4 Å². The van der Waals surface area contributed by atoms with Gasteiger partial charge in [0.1, 0.15) is 11.6 Å². The van der Waals surface area contributed by atoms with E-state index >= 15 is 0 Å². The number of carbonyl (C=O) groups excluding carboxylic acids is 1. The molecule has 3 rings (SSSR count). The fraction of sp³-hybridized carbons (Fsp3) is 0.105. The second-order valence-electron chi connectivity index (χ2n) is 5.35. The molecule has 1 amide bonds. The average molecular weight is 337 g/mol. The Labute approximate surface area is 144 Å². The summed E-state index contributed by atoms with van der Waals surface area (Å²) in [7, 11) is 1.51. The molecule has 0 aliphatic carbocycles. The molecule has 6 heteroatoms. The van der Waals surface area contributed by atoms with Gasteiger partial charge < -0.3 is 10.1 Å². The SMILES string of the molecule is COc1ccc(F)cc1-c1cncc(C(=O)NCc2cccnc2)c1. The van der Waals surface area contributed by atoms with Crippen molar-refractivity contribution in [2.75, 3.05) is 7.11 Å². The maximum absolute atomic E-state index is 13.6. The Kier molecular flexibility index (Phi) is 4.99. The fourth-order valence-electron chi connectivity index (χ4n) is 2.40. The van der Waals surface area contributed by atoms with Gasteiger partial charge in [-0.05, 0) is 35.9 Å². The van der Waals surface area contributed by atoms with Gasteiger partial charge in [0.25, 0.3) is 5.91 Å². The van der Waals surface area contributed by atoms with Gasteiger partial charge in [-0.1, -0.05) is 6.07 Å². The van der Waals surface area contributed by atoms with E-state index in [4.69, 9.17) is 4.74 Å². The maximum Gasteiger partial charge on any atom is 0.253 e. The zero-order valence-corrected chi connectivity index (χ0v) is 13.6. The highest BCUT2D eigenvalue weighted by molar-refractivity contribution is 5.95. The number of hydrogen-bond acceptors (Lipinski definition) is 4. The van der Waals surface area contributed by atoms with Gasteiger partial charge >= 0.3 is 0 Å². The van der Waals surface area contributed by atoms with E-state index in [1.54, 1.807) is 36.8 Å². The minimum absolute atomic E-state index is 0.270. The molecule has 0 aliphatic heterocycles. The fourth-order valence-corrected chi connectivity index (χ4v) is 2.40. The summed E-state index contributed by atoms with van der Waals surface area (Å²) < 4.78 is 18.8. The largest absolute Gasteiger partial charge is 0.496 e. The van der Waals surface area contributed by atoms with Gasteiger partial charge in [-0.3, -0.25) is 14.8 Å². The molecule has 0 aliphatic rings. The molecule has 126 valence electrons. The number of rotatable bonds is 5. The van der Waals surface area contributed by atoms with E-state index in [2.05, 4.69) is 15.3 Å². The molecule has 25 heavy (non-hydrogen) atoms. The summed E-state index contributed by atoms with van der Waals surface area (Å²) in [6, 6.07) is 9.55. The van der Waals surface area contributed by atoms with Crippen LogP contribution in [0.15, 0.2) is 61.2 Å². The number of ether oxygens (including phenoxy) is 1. The van der Waals surface area contributed by atoms with Crippen LogP contribution < -0.4 is 10.1 Å². The highest BCUT2D eigenvalue weighted by Gasteiger charge is 2.12. The summed E-state index contributed by atoms with van der Waals surface area (Å²) in [5.74, 6) is -0.146. The van der Waals surface area contributed by atoms with Crippen LogP contribution >= 0.6 is 0 Å². The smallest absolute Gasteiger partial charge is 0.253 e. The molecule has 1 N–H and O–H groups in total. The van der Waals surface area contributed by atoms with Crippen LogP contribution in [0.3, 0.4) is 0 Å². The molecule has 1 aromatic carbocycles. The van der Waals surface area contributed by atoms with Gasteiger partial charge in [0.15, 0.2) is 0 Å². The van der Waals surface area contributed by atoms with Crippen LogP contribution in [0.5, 0.6) is 5.75 Å². The van der Waals surface area contributed by atoms with Gasteiger partial charge in [-0.15, -0.1) is 0 Å².